The van der Waals surface area contributed by atoms with Crippen molar-refractivity contribution in [2.45, 2.75) is 38.5 Å². The fourth-order valence-electron chi connectivity index (χ4n) is 2.72. The molecule has 112 valence electrons. The summed E-state index contributed by atoms with van der Waals surface area (Å²) < 4.78 is 5.94. The Bertz CT molecular complexity index is 433. The van der Waals surface area contributed by atoms with Crippen LogP contribution in [-0.4, -0.2) is 12.4 Å². The standard InChI is InChI=1S/C15H19Cl3OS/c16-11-7-12(17)14(13(18)8-11)19-9-15(10-20)5-3-1-2-4-6-15/h7-8,20H,1-6,9-10H2. The molecule has 2 rings (SSSR count). The molecule has 1 aromatic carbocycles. The molecule has 5 heteroatoms. The zero-order valence-electron chi connectivity index (χ0n) is 11.3. The van der Waals surface area contributed by atoms with E-state index in [2.05, 4.69) is 12.6 Å². The Labute approximate surface area is 141 Å². The van der Waals surface area contributed by atoms with E-state index in [1.54, 1.807) is 12.1 Å². The Hall–Kier alpha value is 0.240. The van der Waals surface area contributed by atoms with E-state index in [1.165, 1.54) is 25.7 Å². The third-order valence-electron chi connectivity index (χ3n) is 3.99. The van der Waals surface area contributed by atoms with Crippen LogP contribution in [0.1, 0.15) is 38.5 Å². The summed E-state index contributed by atoms with van der Waals surface area (Å²) in [5.74, 6) is 1.36. The van der Waals surface area contributed by atoms with Gasteiger partial charge in [0.05, 0.1) is 16.7 Å². The number of rotatable bonds is 4. The lowest BCUT2D eigenvalue weighted by atomic mass is 9.83. The first kappa shape index (κ1) is 16.6. The van der Waals surface area contributed by atoms with Crippen LogP contribution in [0.15, 0.2) is 12.1 Å². The lowest BCUT2D eigenvalue weighted by molar-refractivity contribution is 0.148. The molecule has 0 N–H and O–H groups in total. The number of ether oxygens (including phenoxy) is 1. The third kappa shape index (κ3) is 4.13. The van der Waals surface area contributed by atoms with Crippen LogP contribution in [0.2, 0.25) is 15.1 Å². The average Bonchev–Trinajstić information content (AvgIpc) is 2.63. The SMILES string of the molecule is SCC1(COc2c(Cl)cc(Cl)cc2Cl)CCCCCC1. The van der Waals surface area contributed by atoms with Crippen molar-refractivity contribution in [1.29, 1.82) is 0 Å². The molecule has 0 aromatic heterocycles. The number of hydrogen-bond acceptors (Lipinski definition) is 2. The molecule has 1 fully saturated rings. The summed E-state index contributed by atoms with van der Waals surface area (Å²) in [4.78, 5) is 0. The molecule has 0 amide bonds. The predicted molar refractivity (Wildman–Crippen MR) is 91.0 cm³/mol. The van der Waals surface area contributed by atoms with Crippen molar-refractivity contribution in [2.75, 3.05) is 12.4 Å². The van der Waals surface area contributed by atoms with Crippen LogP contribution in [0.3, 0.4) is 0 Å². The molecule has 0 aliphatic heterocycles. The van der Waals surface area contributed by atoms with Crippen LogP contribution in [0.5, 0.6) is 5.75 Å². The van der Waals surface area contributed by atoms with E-state index in [4.69, 9.17) is 39.5 Å². The average molecular weight is 354 g/mol. The minimum atomic E-state index is 0.131. The Balaban J connectivity index is 2.10. The molecule has 0 atom stereocenters. The normalized spacial score (nSPS) is 18.6. The van der Waals surface area contributed by atoms with Crippen molar-refractivity contribution in [3.63, 3.8) is 0 Å². The highest BCUT2D eigenvalue weighted by molar-refractivity contribution is 7.80. The molecule has 0 radical (unpaired) electrons. The summed E-state index contributed by atoms with van der Waals surface area (Å²) in [5, 5.41) is 1.45. The topological polar surface area (TPSA) is 9.23 Å². The van der Waals surface area contributed by atoms with E-state index >= 15 is 0 Å². The molecular formula is C15H19Cl3OS. The maximum Gasteiger partial charge on any atom is 0.156 e. The van der Waals surface area contributed by atoms with Gasteiger partial charge in [-0.25, -0.2) is 0 Å². The Morgan fingerprint density at radius 2 is 1.55 bits per heavy atom. The van der Waals surface area contributed by atoms with Gasteiger partial charge in [0.1, 0.15) is 0 Å². The Morgan fingerprint density at radius 3 is 2.05 bits per heavy atom. The molecule has 1 nitrogen and oxygen atoms in total. The van der Waals surface area contributed by atoms with Crippen molar-refractivity contribution in [2.24, 2.45) is 5.41 Å². The minimum Gasteiger partial charge on any atom is -0.490 e. The summed E-state index contributed by atoms with van der Waals surface area (Å²) in [7, 11) is 0. The van der Waals surface area contributed by atoms with Crippen molar-refractivity contribution in [1.82, 2.24) is 0 Å². The van der Waals surface area contributed by atoms with Crippen LogP contribution < -0.4 is 4.74 Å². The third-order valence-corrected chi connectivity index (χ3v) is 5.44. The molecule has 0 bridgehead atoms. The van der Waals surface area contributed by atoms with E-state index < -0.39 is 0 Å². The molecule has 0 unspecified atom stereocenters. The van der Waals surface area contributed by atoms with Gasteiger partial charge in [0, 0.05) is 10.4 Å². The monoisotopic (exact) mass is 352 g/mol. The summed E-state index contributed by atoms with van der Waals surface area (Å²) in [6.07, 6.45) is 7.40. The number of halogens is 3. The molecule has 20 heavy (non-hydrogen) atoms. The summed E-state index contributed by atoms with van der Waals surface area (Å²) >= 11 is 22.8. The van der Waals surface area contributed by atoms with Crippen LogP contribution in [-0.2, 0) is 0 Å². The van der Waals surface area contributed by atoms with Gasteiger partial charge in [0.15, 0.2) is 5.75 Å². The maximum absolute atomic E-state index is 6.16. The Kier molecular flexibility index (Phi) is 6.22. The Morgan fingerprint density at radius 1 is 1.00 bits per heavy atom. The van der Waals surface area contributed by atoms with Crippen molar-refractivity contribution < 1.29 is 4.74 Å². The fraction of sp³-hybridized carbons (Fsp3) is 0.600. The first-order valence-electron chi connectivity index (χ1n) is 6.94. The summed E-state index contributed by atoms with van der Waals surface area (Å²) in [6, 6.07) is 3.32. The highest BCUT2D eigenvalue weighted by Gasteiger charge is 2.31. The van der Waals surface area contributed by atoms with E-state index in [-0.39, 0.29) is 5.41 Å². The zero-order valence-corrected chi connectivity index (χ0v) is 14.5. The molecule has 1 aliphatic rings. The lowest BCUT2D eigenvalue weighted by Gasteiger charge is -2.31. The highest BCUT2D eigenvalue weighted by Crippen LogP contribution is 2.40. The van der Waals surface area contributed by atoms with Gasteiger partial charge in [0.2, 0.25) is 0 Å². The second-order valence-corrected chi connectivity index (χ2v) is 7.13. The smallest absolute Gasteiger partial charge is 0.156 e. The highest BCUT2D eigenvalue weighted by atomic mass is 35.5. The van der Waals surface area contributed by atoms with Gasteiger partial charge in [-0.3, -0.25) is 0 Å². The van der Waals surface area contributed by atoms with Crippen LogP contribution in [0.25, 0.3) is 0 Å². The van der Waals surface area contributed by atoms with Crippen molar-refractivity contribution in [3.8, 4) is 5.75 Å². The second kappa shape index (κ2) is 7.49. The molecule has 0 spiro atoms. The molecule has 1 aromatic rings. The summed E-state index contributed by atoms with van der Waals surface area (Å²) in [6.45, 7) is 0.609. The van der Waals surface area contributed by atoms with Gasteiger partial charge >= 0.3 is 0 Å². The second-order valence-electron chi connectivity index (χ2n) is 5.56. The van der Waals surface area contributed by atoms with Crippen LogP contribution >= 0.6 is 47.4 Å². The zero-order chi connectivity index (χ0) is 14.6. The van der Waals surface area contributed by atoms with E-state index in [1.807, 2.05) is 0 Å². The molecular weight excluding hydrogens is 335 g/mol. The number of thiol groups is 1. The van der Waals surface area contributed by atoms with Gasteiger partial charge in [-0.15, -0.1) is 0 Å². The van der Waals surface area contributed by atoms with E-state index in [0.717, 1.165) is 18.6 Å². The van der Waals surface area contributed by atoms with Gasteiger partial charge in [-0.05, 0) is 30.7 Å². The molecule has 0 heterocycles. The number of hydrogen-bond donors (Lipinski definition) is 1. The maximum atomic E-state index is 6.16. The predicted octanol–water partition coefficient (Wildman–Crippen LogP) is 6.30. The van der Waals surface area contributed by atoms with Crippen molar-refractivity contribution in [3.05, 3.63) is 27.2 Å². The minimum absolute atomic E-state index is 0.131. The van der Waals surface area contributed by atoms with Crippen LogP contribution in [0.4, 0.5) is 0 Å². The van der Waals surface area contributed by atoms with E-state index in [0.29, 0.717) is 27.4 Å². The first-order valence-corrected chi connectivity index (χ1v) is 8.71. The summed E-state index contributed by atoms with van der Waals surface area (Å²) in [5.41, 5.74) is 0.131. The molecule has 0 saturated heterocycles. The quantitative estimate of drug-likeness (QED) is 0.494. The van der Waals surface area contributed by atoms with Gasteiger partial charge < -0.3 is 4.74 Å². The van der Waals surface area contributed by atoms with Gasteiger partial charge in [-0.1, -0.05) is 60.5 Å². The van der Waals surface area contributed by atoms with Gasteiger partial charge in [-0.2, -0.15) is 12.6 Å². The van der Waals surface area contributed by atoms with Crippen LogP contribution in [0, 0.1) is 5.41 Å². The van der Waals surface area contributed by atoms with Gasteiger partial charge in [0.25, 0.3) is 0 Å². The van der Waals surface area contributed by atoms with E-state index in [9.17, 15) is 0 Å². The number of benzene rings is 1. The van der Waals surface area contributed by atoms with Crippen molar-refractivity contribution >= 4 is 47.4 Å². The lowest BCUT2D eigenvalue weighted by Crippen LogP contribution is -2.30. The molecule has 1 aliphatic carbocycles. The largest absolute Gasteiger partial charge is 0.490 e. The molecule has 1 saturated carbocycles. The fourth-order valence-corrected chi connectivity index (χ4v) is 4.05. The first-order chi connectivity index (χ1) is 9.56.